The Balaban J connectivity index is 2.67. The van der Waals surface area contributed by atoms with E-state index >= 15 is 0 Å². The van der Waals surface area contributed by atoms with Gasteiger partial charge in [0.25, 0.3) is 0 Å². The lowest BCUT2D eigenvalue weighted by Crippen LogP contribution is -2.64. The van der Waals surface area contributed by atoms with Crippen LogP contribution in [0.2, 0.25) is 0 Å². The molecule has 0 aliphatic heterocycles. The van der Waals surface area contributed by atoms with Crippen LogP contribution in [-0.4, -0.2) is 43.8 Å². The number of rotatable bonds is 7. The summed E-state index contributed by atoms with van der Waals surface area (Å²) in [7, 11) is 2.19. The van der Waals surface area contributed by atoms with Crippen LogP contribution in [0.1, 0.15) is 40.0 Å². The van der Waals surface area contributed by atoms with E-state index in [0.29, 0.717) is 17.6 Å². The molecule has 1 saturated carbocycles. The van der Waals surface area contributed by atoms with Gasteiger partial charge in [0.15, 0.2) is 0 Å². The zero-order chi connectivity index (χ0) is 12.2. The zero-order valence-electron chi connectivity index (χ0n) is 11.3. The van der Waals surface area contributed by atoms with Crippen LogP contribution >= 0.6 is 0 Å². The van der Waals surface area contributed by atoms with Crippen molar-refractivity contribution in [2.45, 2.75) is 52.2 Å². The summed E-state index contributed by atoms with van der Waals surface area (Å²) in [5, 5.41) is 0. The molecule has 0 heterocycles. The second-order valence-electron chi connectivity index (χ2n) is 4.91. The van der Waals surface area contributed by atoms with E-state index in [0.717, 1.165) is 19.7 Å². The fourth-order valence-electron chi connectivity index (χ4n) is 3.32. The maximum absolute atomic E-state index is 5.88. The van der Waals surface area contributed by atoms with Gasteiger partial charge < -0.3 is 15.4 Å². The van der Waals surface area contributed by atoms with Crippen LogP contribution in [0.4, 0.5) is 0 Å². The van der Waals surface area contributed by atoms with Crippen molar-refractivity contribution in [3.63, 3.8) is 0 Å². The summed E-state index contributed by atoms with van der Waals surface area (Å²) in [6, 6.07) is 0.655. The first-order valence-electron chi connectivity index (χ1n) is 6.68. The van der Waals surface area contributed by atoms with Gasteiger partial charge in [-0.25, -0.2) is 0 Å². The van der Waals surface area contributed by atoms with E-state index in [1.165, 1.54) is 19.3 Å². The van der Waals surface area contributed by atoms with Crippen molar-refractivity contribution < 1.29 is 4.74 Å². The second kappa shape index (κ2) is 5.99. The molecule has 1 rings (SSSR count). The standard InChI is InChI=1S/C13H28N2O/c1-5-13(6-2)11(15(4)9-8-14)10-12(13)16-7-3/h11-12H,5-10,14H2,1-4H3. The summed E-state index contributed by atoms with van der Waals surface area (Å²) in [4.78, 5) is 2.42. The molecule has 1 aliphatic carbocycles. The fraction of sp³-hybridized carbons (Fsp3) is 1.00. The molecule has 3 heteroatoms. The Morgan fingerprint density at radius 1 is 1.31 bits per heavy atom. The van der Waals surface area contributed by atoms with Crippen molar-refractivity contribution in [2.24, 2.45) is 11.1 Å². The lowest BCUT2D eigenvalue weighted by molar-refractivity contribution is -0.166. The van der Waals surface area contributed by atoms with Crippen LogP contribution in [0.3, 0.4) is 0 Å². The average Bonchev–Trinajstić information content (AvgIpc) is 2.26. The van der Waals surface area contributed by atoms with Crippen LogP contribution in [0, 0.1) is 5.41 Å². The van der Waals surface area contributed by atoms with E-state index < -0.39 is 0 Å². The van der Waals surface area contributed by atoms with Gasteiger partial charge in [0.1, 0.15) is 0 Å². The number of ether oxygens (including phenoxy) is 1. The molecule has 0 aromatic carbocycles. The summed E-state index contributed by atoms with van der Waals surface area (Å²) in [5.41, 5.74) is 6.00. The molecule has 96 valence electrons. The molecule has 0 bridgehead atoms. The minimum Gasteiger partial charge on any atom is -0.378 e. The monoisotopic (exact) mass is 228 g/mol. The molecule has 0 aromatic heterocycles. The summed E-state index contributed by atoms with van der Waals surface area (Å²) in [6.45, 7) is 9.24. The molecule has 1 aliphatic rings. The zero-order valence-corrected chi connectivity index (χ0v) is 11.3. The van der Waals surface area contributed by atoms with Gasteiger partial charge in [-0.2, -0.15) is 0 Å². The fourth-order valence-corrected chi connectivity index (χ4v) is 3.32. The topological polar surface area (TPSA) is 38.5 Å². The van der Waals surface area contributed by atoms with E-state index in [4.69, 9.17) is 10.5 Å². The number of hydrogen-bond donors (Lipinski definition) is 1. The molecule has 2 atom stereocenters. The molecule has 0 aromatic rings. The van der Waals surface area contributed by atoms with Crippen LogP contribution in [0.25, 0.3) is 0 Å². The minimum absolute atomic E-state index is 0.361. The summed E-state index contributed by atoms with van der Waals surface area (Å²) >= 11 is 0. The molecule has 3 nitrogen and oxygen atoms in total. The quantitative estimate of drug-likeness (QED) is 0.723. The normalized spacial score (nSPS) is 28.1. The molecular weight excluding hydrogens is 200 g/mol. The predicted octanol–water partition coefficient (Wildman–Crippen LogP) is 1.86. The Labute approximate surface area is 100 Å². The first kappa shape index (κ1) is 13.9. The van der Waals surface area contributed by atoms with Gasteiger partial charge >= 0.3 is 0 Å². The molecule has 2 N–H and O–H groups in total. The van der Waals surface area contributed by atoms with Crippen molar-refractivity contribution in [1.82, 2.24) is 4.90 Å². The summed E-state index contributed by atoms with van der Waals surface area (Å²) in [6.07, 6.45) is 4.03. The highest BCUT2D eigenvalue weighted by Gasteiger charge is 2.54. The largest absolute Gasteiger partial charge is 0.378 e. The highest BCUT2D eigenvalue weighted by molar-refractivity contribution is 5.07. The highest BCUT2D eigenvalue weighted by Crippen LogP contribution is 2.50. The van der Waals surface area contributed by atoms with Gasteiger partial charge in [0.05, 0.1) is 6.10 Å². The first-order valence-corrected chi connectivity index (χ1v) is 6.68. The summed E-state index contributed by atoms with van der Waals surface area (Å²) in [5.74, 6) is 0. The maximum atomic E-state index is 5.88. The number of hydrogen-bond acceptors (Lipinski definition) is 3. The number of likely N-dealkylation sites (N-methyl/N-ethyl adjacent to an activating group) is 1. The Kier molecular flexibility index (Phi) is 5.22. The lowest BCUT2D eigenvalue weighted by atomic mass is 9.58. The third-order valence-electron chi connectivity index (χ3n) is 4.44. The number of nitrogens with zero attached hydrogens (tertiary/aromatic N) is 1. The third-order valence-corrected chi connectivity index (χ3v) is 4.44. The van der Waals surface area contributed by atoms with E-state index in [1.807, 2.05) is 0 Å². The Bertz CT molecular complexity index is 204. The first-order chi connectivity index (χ1) is 7.66. The van der Waals surface area contributed by atoms with Crippen LogP contribution in [0.5, 0.6) is 0 Å². The average molecular weight is 228 g/mol. The van der Waals surface area contributed by atoms with Gasteiger partial charge in [-0.1, -0.05) is 13.8 Å². The smallest absolute Gasteiger partial charge is 0.0661 e. The highest BCUT2D eigenvalue weighted by atomic mass is 16.5. The van der Waals surface area contributed by atoms with Crippen molar-refractivity contribution in [1.29, 1.82) is 0 Å². The molecule has 0 saturated heterocycles. The van der Waals surface area contributed by atoms with Gasteiger partial charge in [-0.3, -0.25) is 0 Å². The molecule has 0 radical (unpaired) electrons. The van der Waals surface area contributed by atoms with Gasteiger partial charge in [-0.05, 0) is 33.2 Å². The van der Waals surface area contributed by atoms with E-state index in [2.05, 4.69) is 32.7 Å². The second-order valence-corrected chi connectivity index (χ2v) is 4.91. The van der Waals surface area contributed by atoms with Crippen molar-refractivity contribution in [3.05, 3.63) is 0 Å². The van der Waals surface area contributed by atoms with Crippen LogP contribution in [0.15, 0.2) is 0 Å². The SMILES string of the molecule is CCOC1CC(N(C)CCN)C1(CC)CC. The minimum atomic E-state index is 0.361. The van der Waals surface area contributed by atoms with Crippen molar-refractivity contribution >= 4 is 0 Å². The van der Waals surface area contributed by atoms with E-state index in [-0.39, 0.29) is 0 Å². The van der Waals surface area contributed by atoms with Crippen LogP contribution in [-0.2, 0) is 4.74 Å². The van der Waals surface area contributed by atoms with E-state index in [9.17, 15) is 0 Å². The molecule has 16 heavy (non-hydrogen) atoms. The van der Waals surface area contributed by atoms with Gasteiger partial charge in [0, 0.05) is 31.2 Å². The van der Waals surface area contributed by atoms with Crippen molar-refractivity contribution in [3.8, 4) is 0 Å². The third kappa shape index (κ3) is 2.27. The van der Waals surface area contributed by atoms with E-state index in [1.54, 1.807) is 0 Å². The van der Waals surface area contributed by atoms with Gasteiger partial charge in [0.2, 0.25) is 0 Å². The summed E-state index contributed by atoms with van der Waals surface area (Å²) < 4.78 is 5.88. The number of nitrogens with two attached hydrogens (primary N) is 1. The van der Waals surface area contributed by atoms with Crippen molar-refractivity contribution in [2.75, 3.05) is 26.7 Å². The Morgan fingerprint density at radius 3 is 2.38 bits per heavy atom. The maximum Gasteiger partial charge on any atom is 0.0661 e. The Morgan fingerprint density at radius 2 is 1.94 bits per heavy atom. The Hall–Kier alpha value is -0.120. The molecule has 1 fully saturated rings. The van der Waals surface area contributed by atoms with Gasteiger partial charge in [-0.15, -0.1) is 0 Å². The molecular formula is C13H28N2O. The molecule has 2 unspecified atom stereocenters. The molecule has 0 spiro atoms. The molecule has 0 amide bonds. The van der Waals surface area contributed by atoms with Crippen LogP contribution < -0.4 is 5.73 Å². The lowest BCUT2D eigenvalue weighted by Gasteiger charge is -2.58. The predicted molar refractivity (Wildman–Crippen MR) is 68.5 cm³/mol.